The molecular weight excluding hydrogens is 397 g/mol. The zero-order valence-electron chi connectivity index (χ0n) is 15.0. The van der Waals surface area contributed by atoms with Crippen molar-refractivity contribution >= 4 is 23.6 Å². The Morgan fingerprint density at radius 1 is 1.14 bits per heavy atom. The number of hydrogen-bond acceptors (Lipinski definition) is 5. The Kier molecular flexibility index (Phi) is 5.93. The molecule has 0 unspecified atom stereocenters. The lowest BCUT2D eigenvalue weighted by atomic mass is 10.1. The summed E-state index contributed by atoms with van der Waals surface area (Å²) in [4.78, 5) is 22.9. The molecule has 1 aromatic heterocycles. The van der Waals surface area contributed by atoms with E-state index in [-0.39, 0.29) is 18.2 Å². The maximum Gasteiger partial charge on any atom is 0.433 e. The molecule has 1 aromatic carbocycles. The molecule has 0 N–H and O–H groups in total. The lowest BCUT2D eigenvalue weighted by Crippen LogP contribution is -2.49. The van der Waals surface area contributed by atoms with Crippen LogP contribution in [0.2, 0.25) is 5.02 Å². The lowest BCUT2D eigenvalue weighted by Gasteiger charge is -2.34. The van der Waals surface area contributed by atoms with Crippen molar-refractivity contribution in [2.75, 3.05) is 37.7 Å². The number of carbonyl (C=O) groups excluding carboxylic acids is 1. The fraction of sp³-hybridized carbons (Fsp3) is 0.389. The average molecular weight is 415 g/mol. The van der Waals surface area contributed by atoms with Gasteiger partial charge < -0.3 is 14.5 Å². The maximum absolute atomic E-state index is 13.3. The van der Waals surface area contributed by atoms with Gasteiger partial charge >= 0.3 is 12.3 Å². The number of ether oxygens (including phenoxy) is 1. The van der Waals surface area contributed by atoms with E-state index in [4.69, 9.17) is 16.3 Å². The van der Waals surface area contributed by atoms with Crippen molar-refractivity contribution in [2.24, 2.45) is 0 Å². The van der Waals surface area contributed by atoms with E-state index in [1.165, 1.54) is 4.90 Å². The van der Waals surface area contributed by atoms with Crippen LogP contribution in [0.4, 0.5) is 23.9 Å². The van der Waals surface area contributed by atoms with Crippen molar-refractivity contribution in [3.8, 4) is 11.3 Å². The van der Waals surface area contributed by atoms with Gasteiger partial charge in [0.25, 0.3) is 0 Å². The molecule has 2 aromatic rings. The summed E-state index contributed by atoms with van der Waals surface area (Å²) >= 11 is 5.85. The number of rotatable bonds is 3. The highest BCUT2D eigenvalue weighted by molar-refractivity contribution is 6.30. The number of anilines is 1. The molecule has 1 aliphatic rings. The third-order valence-electron chi connectivity index (χ3n) is 4.23. The Morgan fingerprint density at radius 2 is 1.79 bits per heavy atom. The fourth-order valence-corrected chi connectivity index (χ4v) is 2.92. The van der Waals surface area contributed by atoms with Crippen LogP contribution in [0, 0.1) is 0 Å². The molecule has 1 saturated heterocycles. The molecule has 0 atom stereocenters. The largest absolute Gasteiger partial charge is 0.450 e. The highest BCUT2D eigenvalue weighted by Crippen LogP contribution is 2.32. The number of nitrogens with zero attached hydrogens (tertiary/aromatic N) is 4. The molecule has 0 aliphatic carbocycles. The van der Waals surface area contributed by atoms with Crippen LogP contribution in [0.5, 0.6) is 0 Å². The summed E-state index contributed by atoms with van der Waals surface area (Å²) in [7, 11) is 0. The average Bonchev–Trinajstić information content (AvgIpc) is 2.68. The van der Waals surface area contributed by atoms with Crippen LogP contribution in [0.3, 0.4) is 0 Å². The van der Waals surface area contributed by atoms with Crippen LogP contribution >= 0.6 is 11.6 Å². The van der Waals surface area contributed by atoms with Crippen molar-refractivity contribution in [2.45, 2.75) is 13.1 Å². The smallest absolute Gasteiger partial charge is 0.433 e. The minimum Gasteiger partial charge on any atom is -0.450 e. The summed E-state index contributed by atoms with van der Waals surface area (Å²) in [6, 6.07) is 7.30. The Morgan fingerprint density at radius 3 is 2.36 bits per heavy atom. The number of hydrogen-bond donors (Lipinski definition) is 0. The summed E-state index contributed by atoms with van der Waals surface area (Å²) < 4.78 is 45.0. The van der Waals surface area contributed by atoms with Gasteiger partial charge in [-0.15, -0.1) is 0 Å². The fourth-order valence-electron chi connectivity index (χ4n) is 2.79. The third-order valence-corrected chi connectivity index (χ3v) is 4.49. The zero-order chi connectivity index (χ0) is 20.3. The summed E-state index contributed by atoms with van der Waals surface area (Å²) in [6.45, 7) is 3.22. The zero-order valence-corrected chi connectivity index (χ0v) is 15.8. The van der Waals surface area contributed by atoms with E-state index in [0.29, 0.717) is 36.8 Å². The third kappa shape index (κ3) is 4.64. The van der Waals surface area contributed by atoms with Gasteiger partial charge in [-0.25, -0.2) is 14.8 Å². The van der Waals surface area contributed by atoms with Gasteiger partial charge in [0, 0.05) is 36.8 Å². The molecule has 6 nitrogen and oxygen atoms in total. The van der Waals surface area contributed by atoms with E-state index in [9.17, 15) is 18.0 Å². The highest BCUT2D eigenvalue weighted by atomic mass is 35.5. The second-order valence-corrected chi connectivity index (χ2v) is 6.55. The molecule has 1 amide bonds. The van der Waals surface area contributed by atoms with Crippen molar-refractivity contribution in [3.63, 3.8) is 0 Å². The Labute approximate surface area is 164 Å². The second-order valence-electron chi connectivity index (χ2n) is 6.12. The van der Waals surface area contributed by atoms with Crippen LogP contribution in [0.15, 0.2) is 30.3 Å². The topological polar surface area (TPSA) is 58.6 Å². The molecule has 28 heavy (non-hydrogen) atoms. The number of carbonyl (C=O) groups is 1. The standard InChI is InChI=1S/C18H18ClF3N4O2/c1-2-28-17(27)26-9-7-25(8-10-26)16-23-14(11-15(24-16)18(20,21)22)12-3-5-13(19)6-4-12/h3-6,11H,2,7-10H2,1H3. The maximum atomic E-state index is 13.3. The molecule has 2 heterocycles. The molecule has 0 radical (unpaired) electrons. The van der Waals surface area contributed by atoms with Gasteiger partial charge in [0.15, 0.2) is 5.69 Å². The highest BCUT2D eigenvalue weighted by Gasteiger charge is 2.35. The molecule has 3 rings (SSSR count). The second kappa shape index (κ2) is 8.22. The van der Waals surface area contributed by atoms with Gasteiger partial charge in [-0.3, -0.25) is 0 Å². The predicted octanol–water partition coefficient (Wildman–Crippen LogP) is 4.09. The normalized spacial score (nSPS) is 14.9. The van der Waals surface area contributed by atoms with Crippen molar-refractivity contribution in [3.05, 3.63) is 41.0 Å². The number of amides is 1. The van der Waals surface area contributed by atoms with Gasteiger partial charge in [0.05, 0.1) is 12.3 Å². The van der Waals surface area contributed by atoms with Crippen LogP contribution in [0.25, 0.3) is 11.3 Å². The number of benzene rings is 1. The molecular formula is C18H18ClF3N4O2. The molecule has 150 valence electrons. The SMILES string of the molecule is CCOC(=O)N1CCN(c2nc(-c3ccc(Cl)cc3)cc(C(F)(F)F)n2)CC1. The lowest BCUT2D eigenvalue weighted by molar-refractivity contribution is -0.141. The first-order valence-corrected chi connectivity index (χ1v) is 9.04. The quantitative estimate of drug-likeness (QED) is 0.757. The van der Waals surface area contributed by atoms with Gasteiger partial charge in [-0.1, -0.05) is 23.7 Å². The predicted molar refractivity (Wildman–Crippen MR) is 98.3 cm³/mol. The number of piperazine rings is 1. The van der Waals surface area contributed by atoms with E-state index >= 15 is 0 Å². The number of alkyl halides is 3. The molecule has 10 heteroatoms. The van der Waals surface area contributed by atoms with Crippen molar-refractivity contribution in [1.29, 1.82) is 0 Å². The summed E-state index contributed by atoms with van der Waals surface area (Å²) in [5.74, 6) is -0.0247. The van der Waals surface area contributed by atoms with E-state index in [1.54, 1.807) is 36.1 Å². The van der Waals surface area contributed by atoms with Crippen LogP contribution in [-0.2, 0) is 10.9 Å². The summed E-state index contributed by atoms with van der Waals surface area (Å²) in [6.07, 6.45) is -5.04. The van der Waals surface area contributed by atoms with Crippen LogP contribution in [-0.4, -0.2) is 53.7 Å². The number of halogens is 4. The number of aromatic nitrogens is 2. The minimum atomic E-state index is -4.61. The summed E-state index contributed by atoms with van der Waals surface area (Å²) in [5, 5.41) is 0.476. The van der Waals surface area contributed by atoms with Crippen LogP contribution in [0.1, 0.15) is 12.6 Å². The molecule has 1 aliphatic heterocycles. The molecule has 0 saturated carbocycles. The van der Waals surface area contributed by atoms with E-state index in [1.807, 2.05) is 0 Å². The molecule has 1 fully saturated rings. The van der Waals surface area contributed by atoms with Gasteiger partial charge in [0.2, 0.25) is 5.95 Å². The van der Waals surface area contributed by atoms with Crippen molar-refractivity contribution in [1.82, 2.24) is 14.9 Å². The Balaban J connectivity index is 1.87. The summed E-state index contributed by atoms with van der Waals surface area (Å²) in [5.41, 5.74) is -0.360. The van der Waals surface area contributed by atoms with Gasteiger partial charge in [-0.2, -0.15) is 13.2 Å². The Bertz CT molecular complexity index is 838. The first-order valence-electron chi connectivity index (χ1n) is 8.67. The van der Waals surface area contributed by atoms with Crippen molar-refractivity contribution < 1.29 is 22.7 Å². The molecule has 0 bridgehead atoms. The molecule has 0 spiro atoms. The van der Waals surface area contributed by atoms with E-state index < -0.39 is 18.0 Å². The first-order chi connectivity index (χ1) is 13.3. The monoisotopic (exact) mass is 414 g/mol. The van der Waals surface area contributed by atoms with E-state index in [2.05, 4.69) is 9.97 Å². The Hall–Kier alpha value is -2.55. The minimum absolute atomic E-state index is 0.0247. The van der Waals surface area contributed by atoms with Crippen LogP contribution < -0.4 is 4.90 Å². The van der Waals surface area contributed by atoms with Gasteiger partial charge in [0.1, 0.15) is 0 Å². The first kappa shape index (κ1) is 20.2. The van der Waals surface area contributed by atoms with E-state index in [0.717, 1.165) is 6.07 Å². The van der Waals surface area contributed by atoms with Gasteiger partial charge in [-0.05, 0) is 25.1 Å².